The predicted octanol–water partition coefficient (Wildman–Crippen LogP) is 2.00. The minimum atomic E-state index is -2.88. The molecule has 0 atom stereocenters. The van der Waals surface area contributed by atoms with E-state index < -0.39 is 6.61 Å². The van der Waals surface area contributed by atoms with Gasteiger partial charge in [0.05, 0.1) is 7.11 Å². The number of methoxy groups -OCH3 is 1. The van der Waals surface area contributed by atoms with Crippen molar-refractivity contribution in [1.82, 2.24) is 0 Å². The van der Waals surface area contributed by atoms with Crippen LogP contribution in [0.2, 0.25) is 0 Å². The van der Waals surface area contributed by atoms with Crippen molar-refractivity contribution >= 4 is 0 Å². The quantitative estimate of drug-likeness (QED) is 0.792. The molecule has 0 radical (unpaired) electrons. The minimum Gasteiger partial charge on any atom is -0.504 e. The van der Waals surface area contributed by atoms with Crippen LogP contribution in [0.4, 0.5) is 8.78 Å². The van der Waals surface area contributed by atoms with E-state index in [0.717, 1.165) is 0 Å². The first-order valence-electron chi connectivity index (χ1n) is 3.45. The number of phenols is 1. The molecule has 1 N–H and O–H groups in total. The van der Waals surface area contributed by atoms with E-state index in [1.807, 2.05) is 0 Å². The van der Waals surface area contributed by atoms with Crippen molar-refractivity contribution in [2.75, 3.05) is 7.11 Å². The van der Waals surface area contributed by atoms with Crippen LogP contribution in [0.1, 0.15) is 0 Å². The largest absolute Gasteiger partial charge is 0.504 e. The summed E-state index contributed by atoms with van der Waals surface area (Å²) < 4.78 is 32.2. The zero-order valence-corrected chi connectivity index (χ0v) is 6.83. The summed E-state index contributed by atoms with van der Waals surface area (Å²) in [6.07, 6.45) is 0. The number of hydrogen-bond acceptors (Lipinski definition) is 3. The second-order valence-corrected chi connectivity index (χ2v) is 2.21. The highest BCUT2D eigenvalue weighted by molar-refractivity contribution is 5.44. The van der Waals surface area contributed by atoms with E-state index >= 15 is 0 Å². The zero-order chi connectivity index (χ0) is 9.84. The molecule has 72 valence electrons. The summed E-state index contributed by atoms with van der Waals surface area (Å²) in [5, 5.41) is 9.10. The van der Waals surface area contributed by atoms with E-state index in [-0.39, 0.29) is 17.2 Å². The molecule has 0 bridgehead atoms. The Kier molecular flexibility index (Phi) is 2.89. The third-order valence-corrected chi connectivity index (χ3v) is 1.38. The summed E-state index contributed by atoms with van der Waals surface area (Å²) in [7, 11) is 1.32. The number of hydrogen-bond donors (Lipinski definition) is 1. The predicted molar refractivity (Wildman–Crippen MR) is 41.3 cm³/mol. The first-order chi connectivity index (χ1) is 6.13. The van der Waals surface area contributed by atoms with Gasteiger partial charge in [0, 0.05) is 6.07 Å². The van der Waals surface area contributed by atoms with Crippen molar-refractivity contribution in [1.29, 1.82) is 0 Å². The number of rotatable bonds is 3. The van der Waals surface area contributed by atoms with Crippen molar-refractivity contribution in [3.8, 4) is 17.2 Å². The lowest BCUT2D eigenvalue weighted by molar-refractivity contribution is -0.0499. The van der Waals surface area contributed by atoms with Gasteiger partial charge in [-0.2, -0.15) is 8.78 Å². The normalized spacial score (nSPS) is 10.2. The molecule has 5 heteroatoms. The first kappa shape index (κ1) is 9.57. The fraction of sp³-hybridized carbons (Fsp3) is 0.250. The number of alkyl halides is 2. The Morgan fingerprint density at radius 1 is 1.38 bits per heavy atom. The highest BCUT2D eigenvalue weighted by atomic mass is 19.3. The van der Waals surface area contributed by atoms with Gasteiger partial charge in [0.25, 0.3) is 0 Å². The molecule has 0 aliphatic carbocycles. The first-order valence-corrected chi connectivity index (χ1v) is 3.45. The fourth-order valence-corrected chi connectivity index (χ4v) is 0.834. The summed E-state index contributed by atoms with van der Waals surface area (Å²) in [6.45, 7) is -2.88. The van der Waals surface area contributed by atoms with Gasteiger partial charge >= 0.3 is 6.61 Å². The highest BCUT2D eigenvalue weighted by Crippen LogP contribution is 2.30. The van der Waals surface area contributed by atoms with Gasteiger partial charge in [-0.05, 0) is 12.1 Å². The Labute approximate surface area is 73.5 Å². The average molecular weight is 190 g/mol. The third kappa shape index (κ3) is 2.47. The average Bonchev–Trinajstić information content (AvgIpc) is 2.07. The molecule has 0 unspecified atom stereocenters. The van der Waals surface area contributed by atoms with Crippen molar-refractivity contribution < 1.29 is 23.4 Å². The van der Waals surface area contributed by atoms with E-state index in [1.165, 1.54) is 25.3 Å². The maximum absolute atomic E-state index is 11.7. The second kappa shape index (κ2) is 3.93. The summed E-state index contributed by atoms with van der Waals surface area (Å²) >= 11 is 0. The second-order valence-electron chi connectivity index (χ2n) is 2.21. The van der Waals surface area contributed by atoms with Crippen LogP contribution in [0.15, 0.2) is 18.2 Å². The monoisotopic (exact) mass is 190 g/mol. The molecule has 0 spiro atoms. The Balaban J connectivity index is 2.86. The Morgan fingerprint density at radius 2 is 2.08 bits per heavy atom. The van der Waals surface area contributed by atoms with Crippen molar-refractivity contribution in [2.45, 2.75) is 6.61 Å². The standard InChI is InChI=1S/C8H8F2O3/c1-12-7-4-5(13-8(9)10)2-3-6(7)11/h2-4,8,11H,1H3. The van der Waals surface area contributed by atoms with Crippen LogP contribution in [0.25, 0.3) is 0 Å². The summed E-state index contributed by atoms with van der Waals surface area (Å²) in [5.41, 5.74) is 0. The molecule has 0 aliphatic heterocycles. The highest BCUT2D eigenvalue weighted by Gasteiger charge is 2.07. The molecule has 0 saturated carbocycles. The molecule has 13 heavy (non-hydrogen) atoms. The lowest BCUT2D eigenvalue weighted by Gasteiger charge is -2.07. The van der Waals surface area contributed by atoms with Gasteiger partial charge in [0.2, 0.25) is 0 Å². The number of phenolic OH excluding ortho intramolecular Hbond substituents is 1. The van der Waals surface area contributed by atoms with E-state index in [4.69, 9.17) is 9.84 Å². The number of ether oxygens (including phenoxy) is 2. The third-order valence-electron chi connectivity index (χ3n) is 1.38. The maximum atomic E-state index is 11.7. The molecule has 0 heterocycles. The van der Waals surface area contributed by atoms with Crippen LogP contribution in [0, 0.1) is 0 Å². The Hall–Kier alpha value is -1.52. The molecule has 1 aromatic carbocycles. The fourth-order valence-electron chi connectivity index (χ4n) is 0.834. The summed E-state index contributed by atoms with van der Waals surface area (Å²) in [5.74, 6) is -0.0769. The zero-order valence-electron chi connectivity index (χ0n) is 6.83. The van der Waals surface area contributed by atoms with Crippen LogP contribution < -0.4 is 9.47 Å². The van der Waals surface area contributed by atoms with Crippen LogP contribution in [0.5, 0.6) is 17.2 Å². The van der Waals surface area contributed by atoms with Gasteiger partial charge in [0.1, 0.15) is 5.75 Å². The van der Waals surface area contributed by atoms with Crippen molar-refractivity contribution in [3.63, 3.8) is 0 Å². The van der Waals surface area contributed by atoms with Gasteiger partial charge < -0.3 is 14.6 Å². The van der Waals surface area contributed by atoms with E-state index in [1.54, 1.807) is 0 Å². The minimum absolute atomic E-state index is 0.0512. The van der Waals surface area contributed by atoms with Gasteiger partial charge in [-0.3, -0.25) is 0 Å². The summed E-state index contributed by atoms with van der Waals surface area (Å²) in [6, 6.07) is 3.63. The van der Waals surface area contributed by atoms with E-state index in [0.29, 0.717) is 0 Å². The lowest BCUT2D eigenvalue weighted by Crippen LogP contribution is -2.01. The van der Waals surface area contributed by atoms with Crippen LogP contribution >= 0.6 is 0 Å². The molecule has 0 aliphatic rings. The van der Waals surface area contributed by atoms with E-state index in [9.17, 15) is 8.78 Å². The molecule has 0 aromatic heterocycles. The van der Waals surface area contributed by atoms with E-state index in [2.05, 4.69) is 4.74 Å². The number of aromatic hydroxyl groups is 1. The molecule has 1 aromatic rings. The maximum Gasteiger partial charge on any atom is 0.387 e. The SMILES string of the molecule is COc1cc(OC(F)F)ccc1O. The van der Waals surface area contributed by atoms with Crippen molar-refractivity contribution in [3.05, 3.63) is 18.2 Å². The Bertz CT molecular complexity index is 289. The smallest absolute Gasteiger partial charge is 0.387 e. The van der Waals surface area contributed by atoms with Gasteiger partial charge in [-0.25, -0.2) is 0 Å². The Morgan fingerprint density at radius 3 is 2.62 bits per heavy atom. The van der Waals surface area contributed by atoms with Gasteiger partial charge in [-0.1, -0.05) is 0 Å². The van der Waals surface area contributed by atoms with Gasteiger partial charge in [0.15, 0.2) is 11.5 Å². The van der Waals surface area contributed by atoms with Crippen LogP contribution in [-0.4, -0.2) is 18.8 Å². The van der Waals surface area contributed by atoms with Crippen LogP contribution in [0.3, 0.4) is 0 Å². The molecule has 1 rings (SSSR count). The van der Waals surface area contributed by atoms with Crippen LogP contribution in [-0.2, 0) is 0 Å². The molecule has 0 amide bonds. The molecule has 3 nitrogen and oxygen atoms in total. The van der Waals surface area contributed by atoms with Crippen molar-refractivity contribution in [2.24, 2.45) is 0 Å². The molecular weight excluding hydrogens is 182 g/mol. The topological polar surface area (TPSA) is 38.7 Å². The lowest BCUT2D eigenvalue weighted by atomic mass is 10.3. The molecule has 0 saturated heterocycles. The number of benzene rings is 1. The summed E-state index contributed by atoms with van der Waals surface area (Å²) in [4.78, 5) is 0. The number of halogens is 2. The van der Waals surface area contributed by atoms with Gasteiger partial charge in [-0.15, -0.1) is 0 Å². The molecule has 0 fully saturated rings. The molecular formula is C8H8F2O3.